The van der Waals surface area contributed by atoms with Crippen LogP contribution in [0, 0.1) is 5.92 Å². The molecule has 1 saturated carbocycles. The number of nitrogens with one attached hydrogen (secondary N) is 1. The molecule has 4 rings (SSSR count). The molecule has 31 heavy (non-hydrogen) atoms. The Labute approximate surface area is 181 Å². The lowest BCUT2D eigenvalue weighted by atomic mass is 9.94. The maximum atomic E-state index is 12.8. The predicted molar refractivity (Wildman–Crippen MR) is 120 cm³/mol. The third-order valence-corrected chi connectivity index (χ3v) is 5.28. The smallest absolute Gasteiger partial charge is 0.338 e. The number of anilines is 1. The van der Waals surface area contributed by atoms with Gasteiger partial charge in [0, 0.05) is 23.6 Å². The van der Waals surface area contributed by atoms with Crippen LogP contribution in [0.2, 0.25) is 0 Å². The Hall–Kier alpha value is -3.51. The quantitative estimate of drug-likeness (QED) is 0.541. The van der Waals surface area contributed by atoms with Crippen LogP contribution >= 0.6 is 0 Å². The molecule has 0 radical (unpaired) electrons. The first-order chi connectivity index (χ1) is 15.1. The van der Waals surface area contributed by atoms with Gasteiger partial charge in [-0.3, -0.25) is 9.78 Å². The third kappa shape index (κ3) is 5.35. The summed E-state index contributed by atoms with van der Waals surface area (Å²) in [5, 5.41) is 2.87. The minimum absolute atomic E-state index is 0.216. The number of amides is 1. The van der Waals surface area contributed by atoms with Crippen molar-refractivity contribution in [2.75, 3.05) is 18.5 Å². The number of carbonyl (C=O) groups is 2. The number of nitrogens with two attached hydrogens (primary N) is 1. The van der Waals surface area contributed by atoms with Crippen LogP contribution in [0.3, 0.4) is 0 Å². The van der Waals surface area contributed by atoms with Crippen LogP contribution in [-0.4, -0.2) is 30.0 Å². The highest BCUT2D eigenvalue weighted by atomic mass is 16.5. The summed E-state index contributed by atoms with van der Waals surface area (Å²) in [6.45, 7) is 0.963. The first-order valence-corrected chi connectivity index (χ1v) is 10.5. The van der Waals surface area contributed by atoms with Gasteiger partial charge in [-0.1, -0.05) is 18.2 Å². The number of hydrogen-bond acceptors (Lipinski definition) is 5. The second-order valence-electron chi connectivity index (χ2n) is 7.72. The summed E-state index contributed by atoms with van der Waals surface area (Å²) in [7, 11) is 0. The molecule has 2 aromatic carbocycles. The Bertz CT molecular complexity index is 1080. The van der Waals surface area contributed by atoms with Gasteiger partial charge in [-0.25, -0.2) is 4.79 Å². The van der Waals surface area contributed by atoms with Gasteiger partial charge in [0.1, 0.15) is 0 Å². The van der Waals surface area contributed by atoms with Crippen molar-refractivity contribution in [2.45, 2.75) is 19.3 Å². The first-order valence-electron chi connectivity index (χ1n) is 10.5. The van der Waals surface area contributed by atoms with E-state index in [4.69, 9.17) is 10.5 Å². The summed E-state index contributed by atoms with van der Waals surface area (Å²) < 4.78 is 5.42. The fourth-order valence-electron chi connectivity index (χ4n) is 3.37. The van der Waals surface area contributed by atoms with Gasteiger partial charge in [-0.2, -0.15) is 0 Å². The minimum Gasteiger partial charge on any atom is -0.462 e. The fourth-order valence-corrected chi connectivity index (χ4v) is 3.37. The average Bonchev–Trinajstić information content (AvgIpc) is 3.63. The molecule has 0 saturated heterocycles. The third-order valence-electron chi connectivity index (χ3n) is 5.28. The number of esters is 1. The molecule has 3 aromatic rings. The molecule has 0 bridgehead atoms. The van der Waals surface area contributed by atoms with Crippen LogP contribution in [0.25, 0.3) is 11.1 Å². The zero-order valence-corrected chi connectivity index (χ0v) is 17.2. The van der Waals surface area contributed by atoms with Crippen molar-refractivity contribution in [1.82, 2.24) is 4.98 Å². The van der Waals surface area contributed by atoms with Crippen LogP contribution in [0.15, 0.2) is 67.0 Å². The molecule has 6 heteroatoms. The second kappa shape index (κ2) is 9.53. The second-order valence-corrected chi connectivity index (χ2v) is 7.72. The number of ether oxygens (including phenoxy) is 1. The highest BCUT2D eigenvalue weighted by molar-refractivity contribution is 6.05. The summed E-state index contributed by atoms with van der Waals surface area (Å²) in [5.41, 5.74) is 10.2. The molecule has 0 atom stereocenters. The van der Waals surface area contributed by atoms with Crippen LogP contribution in [0.4, 0.5) is 5.69 Å². The van der Waals surface area contributed by atoms with E-state index >= 15 is 0 Å². The average molecular weight is 415 g/mol. The molecule has 158 valence electrons. The van der Waals surface area contributed by atoms with E-state index < -0.39 is 0 Å². The van der Waals surface area contributed by atoms with Gasteiger partial charge in [0.05, 0.1) is 12.2 Å². The number of benzene rings is 2. The summed E-state index contributed by atoms with van der Waals surface area (Å²) in [4.78, 5) is 29.2. The SMILES string of the molecule is NCCc1ccc(C(=O)Nc2ccncc2)cc1-c1cccc(C(=O)OCC2CC2)c1. The number of hydrogen-bond donors (Lipinski definition) is 2. The van der Waals surface area contributed by atoms with Crippen molar-refractivity contribution in [2.24, 2.45) is 11.7 Å². The van der Waals surface area contributed by atoms with Crippen LogP contribution in [0.1, 0.15) is 39.1 Å². The largest absolute Gasteiger partial charge is 0.462 e. The van der Waals surface area contributed by atoms with Gasteiger partial charge in [-0.15, -0.1) is 0 Å². The Morgan fingerprint density at radius 2 is 1.84 bits per heavy atom. The lowest BCUT2D eigenvalue weighted by Crippen LogP contribution is -2.13. The molecular weight excluding hydrogens is 390 g/mol. The van der Waals surface area contributed by atoms with E-state index in [1.165, 1.54) is 0 Å². The van der Waals surface area contributed by atoms with E-state index in [0.29, 0.717) is 42.3 Å². The number of rotatable bonds is 8. The first kappa shape index (κ1) is 20.8. The normalized spacial score (nSPS) is 12.9. The standard InChI is InChI=1S/C25H25N3O3/c26-11-8-18-6-7-20(24(29)28-22-9-12-27-13-10-22)15-23(18)19-2-1-3-21(14-19)25(30)31-16-17-4-5-17/h1-3,6-7,9-10,12-15,17H,4-5,8,11,16,26H2,(H,27,28,29). The summed E-state index contributed by atoms with van der Waals surface area (Å²) in [6.07, 6.45) is 6.17. The van der Waals surface area contributed by atoms with Crippen molar-refractivity contribution in [3.63, 3.8) is 0 Å². The Kier molecular flexibility index (Phi) is 6.38. The van der Waals surface area contributed by atoms with Crippen molar-refractivity contribution in [3.8, 4) is 11.1 Å². The number of carbonyl (C=O) groups excluding carboxylic acids is 2. The zero-order chi connectivity index (χ0) is 21.6. The van der Waals surface area contributed by atoms with Crippen molar-refractivity contribution >= 4 is 17.6 Å². The molecule has 1 fully saturated rings. The molecule has 1 amide bonds. The lowest BCUT2D eigenvalue weighted by molar-refractivity contribution is 0.0486. The molecule has 0 spiro atoms. The maximum absolute atomic E-state index is 12.8. The van der Waals surface area contributed by atoms with E-state index in [-0.39, 0.29) is 11.9 Å². The number of aromatic nitrogens is 1. The zero-order valence-electron chi connectivity index (χ0n) is 17.2. The lowest BCUT2D eigenvalue weighted by Gasteiger charge is -2.13. The monoisotopic (exact) mass is 415 g/mol. The Balaban J connectivity index is 1.61. The van der Waals surface area contributed by atoms with E-state index in [1.54, 1.807) is 36.7 Å². The van der Waals surface area contributed by atoms with Crippen molar-refractivity contribution < 1.29 is 14.3 Å². The van der Waals surface area contributed by atoms with Crippen LogP contribution in [0.5, 0.6) is 0 Å². The number of pyridine rings is 1. The number of nitrogens with zero attached hydrogens (tertiary/aromatic N) is 1. The highest BCUT2D eigenvalue weighted by Crippen LogP contribution is 2.30. The minimum atomic E-state index is -0.319. The van der Waals surface area contributed by atoms with Crippen molar-refractivity contribution in [1.29, 1.82) is 0 Å². The fraction of sp³-hybridized carbons (Fsp3) is 0.240. The molecule has 1 aliphatic carbocycles. The van der Waals surface area contributed by atoms with Crippen LogP contribution < -0.4 is 11.1 Å². The van der Waals surface area contributed by atoms with E-state index in [2.05, 4.69) is 10.3 Å². The summed E-state index contributed by atoms with van der Waals surface area (Å²) in [6, 6.07) is 16.3. The van der Waals surface area contributed by atoms with Gasteiger partial charge >= 0.3 is 5.97 Å². The Morgan fingerprint density at radius 1 is 1.03 bits per heavy atom. The van der Waals surface area contributed by atoms with Crippen molar-refractivity contribution in [3.05, 3.63) is 83.7 Å². The summed E-state index contributed by atoms with van der Waals surface area (Å²) in [5.74, 6) is -0.0219. The van der Waals surface area contributed by atoms with Crippen LogP contribution in [-0.2, 0) is 11.2 Å². The predicted octanol–water partition coefficient (Wildman–Crippen LogP) is 4.07. The summed E-state index contributed by atoms with van der Waals surface area (Å²) >= 11 is 0. The van der Waals surface area contributed by atoms with Gasteiger partial charge in [0.2, 0.25) is 0 Å². The van der Waals surface area contributed by atoms with E-state index in [0.717, 1.165) is 29.5 Å². The molecular formula is C25H25N3O3. The Morgan fingerprint density at radius 3 is 2.58 bits per heavy atom. The molecule has 0 unspecified atom stereocenters. The van der Waals surface area contributed by atoms with Gasteiger partial charge in [0.15, 0.2) is 0 Å². The maximum Gasteiger partial charge on any atom is 0.338 e. The van der Waals surface area contributed by atoms with Gasteiger partial charge in [-0.05, 0) is 84.8 Å². The molecule has 1 aromatic heterocycles. The van der Waals surface area contributed by atoms with E-state index in [9.17, 15) is 9.59 Å². The highest BCUT2D eigenvalue weighted by Gasteiger charge is 2.23. The molecule has 3 N–H and O–H groups in total. The molecule has 1 heterocycles. The topological polar surface area (TPSA) is 94.3 Å². The molecule has 6 nitrogen and oxygen atoms in total. The molecule has 1 aliphatic rings. The molecule has 0 aliphatic heterocycles. The van der Waals surface area contributed by atoms with Gasteiger partial charge < -0.3 is 15.8 Å². The van der Waals surface area contributed by atoms with Gasteiger partial charge in [0.25, 0.3) is 5.91 Å². The van der Waals surface area contributed by atoms with E-state index in [1.807, 2.05) is 30.3 Å².